The molecule has 0 fully saturated rings. The van der Waals surface area contributed by atoms with E-state index in [1.54, 1.807) is 30.3 Å². The van der Waals surface area contributed by atoms with E-state index in [1.807, 2.05) is 28.7 Å². The van der Waals surface area contributed by atoms with Crippen LogP contribution < -0.4 is 0 Å². The molecule has 0 aromatic heterocycles. The molecule has 90 valence electrons. The quantitative estimate of drug-likeness (QED) is 0.682. The van der Waals surface area contributed by atoms with Crippen LogP contribution in [0.25, 0.3) is 0 Å². The standard InChI is InChI=1S/C14H9IO3/c15-12-7-6-10(14(17)18)8-11(12)13(16)9-4-2-1-3-5-9/h1-8H,(H,17,18). The highest BCUT2D eigenvalue weighted by atomic mass is 127. The minimum absolute atomic E-state index is 0.120. The summed E-state index contributed by atoms with van der Waals surface area (Å²) in [5.41, 5.74) is 1.09. The first-order chi connectivity index (χ1) is 8.59. The Labute approximate surface area is 118 Å². The Bertz CT molecular complexity index is 606. The number of ketones is 1. The molecule has 3 nitrogen and oxygen atoms in total. The summed E-state index contributed by atoms with van der Waals surface area (Å²) in [7, 11) is 0. The maximum atomic E-state index is 12.2. The molecule has 0 aliphatic carbocycles. The van der Waals surface area contributed by atoms with Crippen LogP contribution in [0.2, 0.25) is 0 Å². The average molecular weight is 352 g/mol. The van der Waals surface area contributed by atoms with Gasteiger partial charge in [0, 0.05) is 14.7 Å². The van der Waals surface area contributed by atoms with Crippen LogP contribution in [0.4, 0.5) is 0 Å². The monoisotopic (exact) mass is 352 g/mol. The molecule has 0 saturated heterocycles. The van der Waals surface area contributed by atoms with Crippen LogP contribution in [-0.4, -0.2) is 16.9 Å². The van der Waals surface area contributed by atoms with Crippen LogP contribution in [-0.2, 0) is 0 Å². The van der Waals surface area contributed by atoms with E-state index in [2.05, 4.69) is 0 Å². The first-order valence-electron chi connectivity index (χ1n) is 5.22. The molecule has 0 aliphatic heterocycles. The Hall–Kier alpha value is -1.69. The van der Waals surface area contributed by atoms with Gasteiger partial charge in [-0.15, -0.1) is 0 Å². The number of aromatic carboxylic acids is 1. The second kappa shape index (κ2) is 5.30. The number of carbonyl (C=O) groups excluding carboxylic acids is 1. The summed E-state index contributed by atoms with van der Waals surface area (Å²) in [6.07, 6.45) is 0. The van der Waals surface area contributed by atoms with E-state index < -0.39 is 5.97 Å². The van der Waals surface area contributed by atoms with Crippen molar-refractivity contribution in [3.05, 3.63) is 68.8 Å². The lowest BCUT2D eigenvalue weighted by Crippen LogP contribution is -2.06. The zero-order valence-corrected chi connectivity index (χ0v) is 11.4. The summed E-state index contributed by atoms with van der Waals surface area (Å²) in [5, 5.41) is 8.94. The fourth-order valence-corrected chi connectivity index (χ4v) is 2.16. The number of carboxylic acids is 1. The van der Waals surface area contributed by atoms with Crippen molar-refractivity contribution in [2.45, 2.75) is 0 Å². The third-order valence-corrected chi connectivity index (χ3v) is 3.43. The minimum atomic E-state index is -1.03. The number of halogens is 1. The van der Waals surface area contributed by atoms with Crippen molar-refractivity contribution in [2.75, 3.05) is 0 Å². The highest BCUT2D eigenvalue weighted by molar-refractivity contribution is 14.1. The molecule has 0 unspecified atom stereocenters. The summed E-state index contributed by atoms with van der Waals surface area (Å²) < 4.78 is 0.742. The van der Waals surface area contributed by atoms with Gasteiger partial charge in [-0.3, -0.25) is 4.79 Å². The van der Waals surface area contributed by atoms with E-state index in [9.17, 15) is 9.59 Å². The van der Waals surface area contributed by atoms with Crippen molar-refractivity contribution in [1.82, 2.24) is 0 Å². The van der Waals surface area contributed by atoms with Crippen LogP contribution in [0.3, 0.4) is 0 Å². The maximum Gasteiger partial charge on any atom is 0.335 e. The van der Waals surface area contributed by atoms with E-state index in [0.717, 1.165) is 3.57 Å². The van der Waals surface area contributed by atoms with Crippen molar-refractivity contribution >= 4 is 34.3 Å². The lowest BCUT2D eigenvalue weighted by molar-refractivity contribution is 0.0697. The SMILES string of the molecule is O=C(O)c1ccc(I)c(C(=O)c2ccccc2)c1. The molecule has 0 saturated carbocycles. The highest BCUT2D eigenvalue weighted by Crippen LogP contribution is 2.18. The van der Waals surface area contributed by atoms with Gasteiger partial charge in [0.1, 0.15) is 0 Å². The Morgan fingerprint density at radius 2 is 1.61 bits per heavy atom. The number of hydrogen-bond donors (Lipinski definition) is 1. The highest BCUT2D eigenvalue weighted by Gasteiger charge is 2.14. The molecule has 0 heterocycles. The second-order valence-corrected chi connectivity index (χ2v) is 4.86. The number of hydrogen-bond acceptors (Lipinski definition) is 2. The molecule has 0 spiro atoms. The third-order valence-electron chi connectivity index (χ3n) is 2.49. The first-order valence-corrected chi connectivity index (χ1v) is 6.30. The molecule has 0 aliphatic rings. The van der Waals surface area contributed by atoms with Gasteiger partial charge in [-0.05, 0) is 40.8 Å². The van der Waals surface area contributed by atoms with Crippen molar-refractivity contribution in [2.24, 2.45) is 0 Å². The Kier molecular flexibility index (Phi) is 3.76. The fraction of sp³-hybridized carbons (Fsp3) is 0. The first kappa shape index (κ1) is 12.8. The van der Waals surface area contributed by atoms with E-state index in [-0.39, 0.29) is 11.3 Å². The zero-order chi connectivity index (χ0) is 13.1. The van der Waals surface area contributed by atoms with Gasteiger partial charge in [0.15, 0.2) is 5.78 Å². The summed E-state index contributed by atoms with van der Waals surface area (Å²) in [6, 6.07) is 13.4. The Morgan fingerprint density at radius 3 is 2.22 bits per heavy atom. The molecule has 0 atom stereocenters. The average Bonchev–Trinajstić information content (AvgIpc) is 2.39. The molecular formula is C14H9IO3. The molecule has 0 bridgehead atoms. The van der Waals surface area contributed by atoms with Crippen LogP contribution in [0, 0.1) is 3.57 Å². The van der Waals surface area contributed by atoms with E-state index in [4.69, 9.17) is 5.11 Å². The van der Waals surface area contributed by atoms with Gasteiger partial charge in [0.2, 0.25) is 0 Å². The number of carboxylic acid groups (broad SMARTS) is 1. The van der Waals surface area contributed by atoms with Gasteiger partial charge in [0.05, 0.1) is 5.56 Å². The summed E-state index contributed by atoms with van der Waals surface area (Å²) in [4.78, 5) is 23.2. The molecule has 2 aromatic rings. The van der Waals surface area contributed by atoms with Gasteiger partial charge in [-0.25, -0.2) is 4.79 Å². The lowest BCUT2D eigenvalue weighted by Gasteiger charge is -2.05. The minimum Gasteiger partial charge on any atom is -0.478 e. The smallest absolute Gasteiger partial charge is 0.335 e. The summed E-state index contributed by atoms with van der Waals surface area (Å²) >= 11 is 2.03. The van der Waals surface area contributed by atoms with E-state index >= 15 is 0 Å². The molecule has 4 heteroatoms. The van der Waals surface area contributed by atoms with Gasteiger partial charge in [-0.1, -0.05) is 30.3 Å². The van der Waals surface area contributed by atoms with Crippen molar-refractivity contribution < 1.29 is 14.7 Å². The Balaban J connectivity index is 2.48. The Morgan fingerprint density at radius 1 is 0.944 bits per heavy atom. The van der Waals surface area contributed by atoms with Crippen molar-refractivity contribution in [3.8, 4) is 0 Å². The zero-order valence-electron chi connectivity index (χ0n) is 9.26. The largest absolute Gasteiger partial charge is 0.478 e. The maximum absolute atomic E-state index is 12.2. The summed E-state index contributed by atoms with van der Waals surface area (Å²) in [5.74, 6) is -1.20. The fourth-order valence-electron chi connectivity index (χ4n) is 1.58. The van der Waals surface area contributed by atoms with Crippen LogP contribution in [0.5, 0.6) is 0 Å². The molecule has 2 rings (SSSR count). The normalized spacial score (nSPS) is 10.1. The second-order valence-electron chi connectivity index (χ2n) is 3.69. The summed E-state index contributed by atoms with van der Waals surface area (Å²) in [6.45, 7) is 0. The van der Waals surface area contributed by atoms with Crippen molar-refractivity contribution in [1.29, 1.82) is 0 Å². The number of rotatable bonds is 3. The molecule has 2 aromatic carbocycles. The van der Waals surface area contributed by atoms with E-state index in [1.165, 1.54) is 12.1 Å². The predicted octanol–water partition coefficient (Wildman–Crippen LogP) is 3.22. The number of benzene rings is 2. The third kappa shape index (κ3) is 2.59. The molecular weight excluding hydrogens is 343 g/mol. The van der Waals surface area contributed by atoms with Gasteiger partial charge >= 0.3 is 5.97 Å². The van der Waals surface area contributed by atoms with Gasteiger partial charge in [0.25, 0.3) is 0 Å². The molecule has 1 N–H and O–H groups in total. The molecule has 0 radical (unpaired) electrons. The molecule has 18 heavy (non-hydrogen) atoms. The molecule has 0 amide bonds. The lowest BCUT2D eigenvalue weighted by atomic mass is 10.0. The van der Waals surface area contributed by atoms with Crippen LogP contribution in [0.15, 0.2) is 48.5 Å². The predicted molar refractivity (Wildman–Crippen MR) is 76.0 cm³/mol. The topological polar surface area (TPSA) is 54.4 Å². The van der Waals surface area contributed by atoms with E-state index in [0.29, 0.717) is 11.1 Å². The van der Waals surface area contributed by atoms with Gasteiger partial charge in [-0.2, -0.15) is 0 Å². The van der Waals surface area contributed by atoms with Gasteiger partial charge < -0.3 is 5.11 Å². The van der Waals surface area contributed by atoms with Crippen molar-refractivity contribution in [3.63, 3.8) is 0 Å². The van der Waals surface area contributed by atoms with Crippen LogP contribution in [0.1, 0.15) is 26.3 Å². The van der Waals surface area contributed by atoms with Crippen LogP contribution >= 0.6 is 22.6 Å². The number of carbonyl (C=O) groups is 2.